The second kappa shape index (κ2) is 11.8. The van der Waals surface area contributed by atoms with E-state index in [0.29, 0.717) is 22.8 Å². The van der Waals surface area contributed by atoms with Crippen molar-refractivity contribution in [3.8, 4) is 5.69 Å². The molecule has 1 unspecified atom stereocenters. The number of aliphatic hydroxyl groups excluding tert-OH is 1. The molecule has 2 heterocycles. The highest BCUT2D eigenvalue weighted by Crippen LogP contribution is 2.30. The number of amides is 2. The SMILES string of the molecule is CC(C)(C)OC(=O)NCc1cccc(-n2nc(C(F)(F)F)cc2C(=O)Nc2cccc(C(O)c3cccnc3)c2)c1. The molecule has 3 N–H and O–H groups in total. The topological polar surface area (TPSA) is 118 Å². The van der Waals surface area contributed by atoms with Gasteiger partial charge in [-0.25, -0.2) is 9.48 Å². The van der Waals surface area contributed by atoms with Gasteiger partial charge in [-0.3, -0.25) is 9.78 Å². The molecule has 9 nitrogen and oxygen atoms in total. The Kier molecular flexibility index (Phi) is 8.43. The Morgan fingerprint density at radius 1 is 1.00 bits per heavy atom. The van der Waals surface area contributed by atoms with Gasteiger partial charge in [-0.1, -0.05) is 30.3 Å². The predicted molar refractivity (Wildman–Crippen MR) is 144 cm³/mol. The number of aromatic nitrogens is 3. The lowest BCUT2D eigenvalue weighted by molar-refractivity contribution is -0.141. The highest BCUT2D eigenvalue weighted by atomic mass is 19.4. The van der Waals surface area contributed by atoms with Gasteiger partial charge in [0.15, 0.2) is 5.69 Å². The highest BCUT2D eigenvalue weighted by molar-refractivity contribution is 6.03. The smallest absolute Gasteiger partial charge is 0.435 e. The molecule has 0 bridgehead atoms. The molecule has 0 fully saturated rings. The zero-order valence-corrected chi connectivity index (χ0v) is 22.4. The quantitative estimate of drug-likeness (QED) is 0.266. The first kappa shape index (κ1) is 29.3. The van der Waals surface area contributed by atoms with Crippen LogP contribution in [0.3, 0.4) is 0 Å². The number of halogens is 3. The van der Waals surface area contributed by atoms with E-state index in [1.54, 1.807) is 69.4 Å². The van der Waals surface area contributed by atoms with E-state index < -0.39 is 35.6 Å². The summed E-state index contributed by atoms with van der Waals surface area (Å²) in [5, 5.41) is 19.5. The van der Waals surface area contributed by atoms with Crippen LogP contribution in [0.1, 0.15) is 59.7 Å². The lowest BCUT2D eigenvalue weighted by Gasteiger charge is -2.19. The Morgan fingerprint density at radius 3 is 2.41 bits per heavy atom. The van der Waals surface area contributed by atoms with Gasteiger partial charge in [-0.05, 0) is 62.2 Å². The number of nitrogens with one attached hydrogen (secondary N) is 2. The van der Waals surface area contributed by atoms with Crippen molar-refractivity contribution in [1.29, 1.82) is 0 Å². The maximum absolute atomic E-state index is 13.6. The number of benzene rings is 2. The van der Waals surface area contributed by atoms with Gasteiger partial charge in [0.1, 0.15) is 17.4 Å². The Morgan fingerprint density at radius 2 is 1.73 bits per heavy atom. The van der Waals surface area contributed by atoms with Gasteiger partial charge < -0.3 is 20.5 Å². The first-order chi connectivity index (χ1) is 19.3. The van der Waals surface area contributed by atoms with Crippen LogP contribution in [0.5, 0.6) is 0 Å². The molecule has 4 aromatic rings. The molecule has 0 aliphatic carbocycles. The zero-order valence-electron chi connectivity index (χ0n) is 22.4. The Hall–Kier alpha value is -4.71. The minimum absolute atomic E-state index is 0.0315. The molecule has 0 aliphatic heterocycles. The summed E-state index contributed by atoms with van der Waals surface area (Å²) in [5.74, 6) is -0.849. The van der Waals surface area contributed by atoms with E-state index in [9.17, 15) is 27.9 Å². The van der Waals surface area contributed by atoms with E-state index in [4.69, 9.17) is 4.74 Å². The summed E-state index contributed by atoms with van der Waals surface area (Å²) in [6.45, 7) is 5.18. The summed E-state index contributed by atoms with van der Waals surface area (Å²) in [5.41, 5.74) is -0.361. The second-order valence-electron chi connectivity index (χ2n) is 10.1. The van der Waals surface area contributed by atoms with Crippen LogP contribution in [0.15, 0.2) is 79.1 Å². The van der Waals surface area contributed by atoms with Crippen molar-refractivity contribution in [1.82, 2.24) is 20.1 Å². The molecule has 0 aliphatic rings. The highest BCUT2D eigenvalue weighted by Gasteiger charge is 2.36. The number of ether oxygens (including phenoxy) is 1. The molecule has 0 radical (unpaired) electrons. The molecule has 0 saturated carbocycles. The molecular formula is C29H28F3N5O4. The molecule has 2 aromatic heterocycles. The number of anilines is 1. The van der Waals surface area contributed by atoms with Crippen molar-refractivity contribution in [3.05, 3.63) is 107 Å². The van der Waals surface area contributed by atoms with Gasteiger partial charge in [-0.2, -0.15) is 18.3 Å². The number of hydrogen-bond donors (Lipinski definition) is 3. The molecular weight excluding hydrogens is 539 g/mol. The Labute approximate surface area is 234 Å². The molecule has 41 heavy (non-hydrogen) atoms. The van der Waals surface area contributed by atoms with Crippen molar-refractivity contribution in [2.45, 2.75) is 45.2 Å². The molecule has 0 saturated heterocycles. The van der Waals surface area contributed by atoms with E-state index in [2.05, 4.69) is 20.7 Å². The van der Waals surface area contributed by atoms with Crippen molar-refractivity contribution >= 4 is 17.7 Å². The van der Waals surface area contributed by atoms with Crippen LogP contribution in [0, 0.1) is 0 Å². The van der Waals surface area contributed by atoms with Crippen LogP contribution in [0.25, 0.3) is 5.69 Å². The van der Waals surface area contributed by atoms with Gasteiger partial charge in [0.05, 0.1) is 5.69 Å². The fourth-order valence-corrected chi connectivity index (χ4v) is 3.88. The number of pyridine rings is 1. The lowest BCUT2D eigenvalue weighted by atomic mass is 10.0. The monoisotopic (exact) mass is 567 g/mol. The fraction of sp³-hybridized carbons (Fsp3) is 0.241. The molecule has 12 heteroatoms. The molecule has 0 spiro atoms. The summed E-state index contributed by atoms with van der Waals surface area (Å²) < 4.78 is 46.9. The van der Waals surface area contributed by atoms with Crippen LogP contribution in [0.4, 0.5) is 23.7 Å². The van der Waals surface area contributed by atoms with E-state index in [-0.39, 0.29) is 23.6 Å². The number of alkyl carbamates (subject to hydrolysis) is 1. The van der Waals surface area contributed by atoms with E-state index in [1.807, 2.05) is 0 Å². The summed E-state index contributed by atoms with van der Waals surface area (Å²) in [6.07, 6.45) is -3.41. The fourth-order valence-electron chi connectivity index (χ4n) is 3.88. The van der Waals surface area contributed by atoms with Crippen LogP contribution in [-0.2, 0) is 17.5 Å². The molecule has 214 valence electrons. The summed E-state index contributed by atoms with van der Waals surface area (Å²) in [6, 6.07) is 16.6. The van der Waals surface area contributed by atoms with E-state index >= 15 is 0 Å². The van der Waals surface area contributed by atoms with Gasteiger partial charge in [0, 0.05) is 36.3 Å². The third kappa shape index (κ3) is 7.70. The largest absolute Gasteiger partial charge is 0.444 e. The normalized spacial score (nSPS) is 12.5. The van der Waals surface area contributed by atoms with Gasteiger partial charge >= 0.3 is 12.3 Å². The first-order valence-electron chi connectivity index (χ1n) is 12.5. The number of carbonyl (C=O) groups excluding carboxylic acids is 2. The number of carbonyl (C=O) groups is 2. The standard InChI is InChI=1S/C29H28F3N5O4/c1-28(2,3)41-27(40)34-16-18-7-4-11-22(13-18)37-23(15-24(36-37)29(30,31)32)26(39)35-21-10-5-8-19(14-21)25(38)20-9-6-12-33-17-20/h4-15,17,25,38H,16H2,1-3H3,(H,34,40)(H,35,39). The number of alkyl halides is 3. The number of hydrogen-bond acceptors (Lipinski definition) is 6. The van der Waals surface area contributed by atoms with Crippen LogP contribution < -0.4 is 10.6 Å². The Balaban J connectivity index is 1.59. The van der Waals surface area contributed by atoms with Crippen LogP contribution >= 0.6 is 0 Å². The maximum atomic E-state index is 13.6. The summed E-state index contributed by atoms with van der Waals surface area (Å²) in [7, 11) is 0. The van der Waals surface area contributed by atoms with E-state index in [0.717, 1.165) is 4.68 Å². The average Bonchev–Trinajstić information content (AvgIpc) is 3.38. The van der Waals surface area contributed by atoms with Gasteiger partial charge in [0.2, 0.25) is 0 Å². The van der Waals surface area contributed by atoms with Crippen molar-refractivity contribution < 1.29 is 32.6 Å². The van der Waals surface area contributed by atoms with Crippen molar-refractivity contribution in [2.75, 3.05) is 5.32 Å². The maximum Gasteiger partial charge on any atom is 0.435 e. The zero-order chi connectivity index (χ0) is 29.8. The molecule has 1 atom stereocenters. The Bertz CT molecular complexity index is 1530. The third-order valence-corrected chi connectivity index (χ3v) is 5.68. The second-order valence-corrected chi connectivity index (χ2v) is 10.1. The third-order valence-electron chi connectivity index (χ3n) is 5.68. The van der Waals surface area contributed by atoms with Crippen LogP contribution in [-0.4, -0.2) is 37.5 Å². The van der Waals surface area contributed by atoms with Crippen molar-refractivity contribution in [3.63, 3.8) is 0 Å². The summed E-state index contributed by atoms with van der Waals surface area (Å²) in [4.78, 5) is 29.2. The molecule has 2 amide bonds. The van der Waals surface area contributed by atoms with Gasteiger partial charge in [0.25, 0.3) is 5.91 Å². The summed E-state index contributed by atoms with van der Waals surface area (Å²) >= 11 is 0. The average molecular weight is 568 g/mol. The molecule has 2 aromatic carbocycles. The van der Waals surface area contributed by atoms with Gasteiger partial charge in [-0.15, -0.1) is 0 Å². The minimum Gasteiger partial charge on any atom is -0.444 e. The van der Waals surface area contributed by atoms with Crippen molar-refractivity contribution in [2.24, 2.45) is 0 Å². The first-order valence-corrected chi connectivity index (χ1v) is 12.5. The van der Waals surface area contributed by atoms with Crippen LogP contribution in [0.2, 0.25) is 0 Å². The molecule has 4 rings (SSSR count). The minimum atomic E-state index is -4.80. The van der Waals surface area contributed by atoms with E-state index in [1.165, 1.54) is 24.4 Å². The number of nitrogens with zero attached hydrogens (tertiary/aromatic N) is 3. The number of aliphatic hydroxyl groups is 1. The predicted octanol–water partition coefficient (Wildman–Crippen LogP) is 5.64. The number of rotatable bonds is 7. The lowest BCUT2D eigenvalue weighted by Crippen LogP contribution is -2.32.